The zero-order valence-corrected chi connectivity index (χ0v) is 42.7. The Bertz CT molecular complexity index is 3470. The molecule has 396 valence electrons. The van der Waals surface area contributed by atoms with E-state index in [0.29, 0.717) is 64.7 Å². The molecule has 6 aromatic carbocycles. The summed E-state index contributed by atoms with van der Waals surface area (Å²) < 4.78 is 36.8. The third kappa shape index (κ3) is 8.93. The minimum atomic E-state index is -2.06. The van der Waals surface area contributed by atoms with Crippen molar-refractivity contribution >= 4 is 40.6 Å². The fourth-order valence-corrected chi connectivity index (χ4v) is 12.0. The van der Waals surface area contributed by atoms with Crippen LogP contribution in [0.5, 0.6) is 17.2 Å². The molecule has 7 aromatic rings. The van der Waals surface area contributed by atoms with Gasteiger partial charge in [0.05, 0.1) is 42.4 Å². The standard InChI is InChI=1S/C60H55N7O11/c1-73-32-33-75-59(72)66-47-23-21-39(12-11-25-65-48-20-9-8-19-46(48)61-62-65)34-45(47)60(58(66)71)51(56(69)64-28-26-63(27-29-64)37-40-22-24-49-50(35-40)77-38-76-49)53-57(70)78-54(42-15-6-3-7-16-42)52(41-13-4-2-5-14-41)67(53)55(60)43-17-10-18-44(36-43)74-31-30-68/h2-10,13-24,34-36,51-55,68H,25-33,37-38H2,1H3/t51-,52-,53-,54+,55+,60-/m1/s1. The van der Waals surface area contributed by atoms with Gasteiger partial charge in [0.2, 0.25) is 18.6 Å². The molecule has 6 atom stereocenters. The van der Waals surface area contributed by atoms with E-state index in [-0.39, 0.29) is 58.5 Å². The van der Waals surface area contributed by atoms with Crippen LogP contribution in [0.3, 0.4) is 0 Å². The second kappa shape index (κ2) is 21.4. The van der Waals surface area contributed by atoms with Crippen molar-refractivity contribution in [2.75, 3.05) is 71.4 Å². The van der Waals surface area contributed by atoms with Crippen molar-refractivity contribution in [1.82, 2.24) is 29.7 Å². The SMILES string of the molecule is COCCOC(=O)N1C(=O)[C@@]2(c3cc(C#CCn4nnc5ccccc54)ccc31)[C@H](c1cccc(OCCO)c1)N1[C@H](c3ccccc3)[C@H](c3ccccc3)OC(=O)[C@H]1[C@@H]2C(=O)N1CCN(Cc2ccc3c(c2)OCO3)CC1. The third-order valence-corrected chi connectivity index (χ3v) is 15.4. The molecule has 78 heavy (non-hydrogen) atoms. The van der Waals surface area contributed by atoms with Crippen molar-refractivity contribution in [3.05, 3.63) is 179 Å². The summed E-state index contributed by atoms with van der Waals surface area (Å²) in [4.78, 5) is 70.8. The Morgan fingerprint density at radius 2 is 1.53 bits per heavy atom. The molecule has 0 bridgehead atoms. The lowest BCUT2D eigenvalue weighted by Gasteiger charge is -2.46. The number of para-hydroxylation sites is 1. The van der Waals surface area contributed by atoms with Crippen LogP contribution in [0.25, 0.3) is 11.0 Å². The van der Waals surface area contributed by atoms with Crippen molar-refractivity contribution in [2.24, 2.45) is 5.92 Å². The van der Waals surface area contributed by atoms with Crippen LogP contribution in [0.15, 0.2) is 146 Å². The normalized spacial score (nSPS) is 22.5. The number of ether oxygens (including phenoxy) is 6. The van der Waals surface area contributed by atoms with Crippen LogP contribution in [-0.2, 0) is 47.1 Å². The first kappa shape index (κ1) is 50.2. The Morgan fingerprint density at radius 3 is 2.32 bits per heavy atom. The van der Waals surface area contributed by atoms with E-state index in [9.17, 15) is 9.90 Å². The van der Waals surface area contributed by atoms with Gasteiger partial charge >= 0.3 is 12.1 Å². The van der Waals surface area contributed by atoms with Crippen molar-refractivity contribution in [3.8, 4) is 29.1 Å². The number of aliphatic hydroxyl groups is 1. The highest BCUT2D eigenvalue weighted by Crippen LogP contribution is 2.66. The summed E-state index contributed by atoms with van der Waals surface area (Å²) in [5.74, 6) is 4.81. The van der Waals surface area contributed by atoms with E-state index >= 15 is 14.4 Å². The summed E-state index contributed by atoms with van der Waals surface area (Å²) in [5, 5.41) is 18.5. The van der Waals surface area contributed by atoms with Crippen LogP contribution < -0.4 is 19.1 Å². The van der Waals surface area contributed by atoms with E-state index in [1.54, 1.807) is 46.0 Å². The number of esters is 1. The Labute approximate surface area is 449 Å². The quantitative estimate of drug-likeness (QED) is 0.0762. The van der Waals surface area contributed by atoms with Crippen LogP contribution in [0.4, 0.5) is 10.5 Å². The maximum atomic E-state index is 16.8. The number of anilines is 1. The van der Waals surface area contributed by atoms with Gasteiger partial charge in [0.25, 0.3) is 0 Å². The second-order valence-electron chi connectivity index (χ2n) is 19.7. The smallest absolute Gasteiger partial charge is 0.421 e. The number of piperazine rings is 1. The number of fused-ring (bicyclic) bond motifs is 5. The van der Waals surface area contributed by atoms with Gasteiger partial charge in [-0.25, -0.2) is 14.4 Å². The van der Waals surface area contributed by atoms with Gasteiger partial charge < -0.3 is 38.4 Å². The summed E-state index contributed by atoms with van der Waals surface area (Å²) in [5.41, 5.74) is 3.36. The molecule has 0 radical (unpaired) electrons. The highest BCUT2D eigenvalue weighted by atomic mass is 16.7. The zero-order valence-electron chi connectivity index (χ0n) is 42.7. The van der Waals surface area contributed by atoms with E-state index in [1.165, 1.54) is 7.11 Å². The summed E-state index contributed by atoms with van der Waals surface area (Å²) in [7, 11) is 1.48. The van der Waals surface area contributed by atoms with Gasteiger partial charge in [0.1, 0.15) is 48.6 Å². The van der Waals surface area contributed by atoms with Crippen molar-refractivity contribution in [3.63, 3.8) is 0 Å². The molecule has 1 N–H and O–H groups in total. The number of methoxy groups -OCH3 is 1. The van der Waals surface area contributed by atoms with Gasteiger partial charge in [-0.1, -0.05) is 108 Å². The summed E-state index contributed by atoms with van der Waals surface area (Å²) in [6.45, 7) is 1.94. The van der Waals surface area contributed by atoms with E-state index in [2.05, 4.69) is 27.1 Å². The number of amides is 3. The topological polar surface area (TPSA) is 188 Å². The van der Waals surface area contributed by atoms with Crippen molar-refractivity contribution in [1.29, 1.82) is 0 Å². The number of aromatic nitrogens is 3. The Morgan fingerprint density at radius 1 is 0.769 bits per heavy atom. The molecule has 5 aliphatic heterocycles. The molecule has 18 nitrogen and oxygen atoms in total. The minimum absolute atomic E-state index is 0.0301. The van der Waals surface area contributed by atoms with Gasteiger partial charge in [0, 0.05) is 45.4 Å². The van der Waals surface area contributed by atoms with Crippen molar-refractivity contribution < 1.29 is 52.7 Å². The molecule has 0 unspecified atom stereocenters. The van der Waals surface area contributed by atoms with Gasteiger partial charge in [-0.05, 0) is 82.4 Å². The van der Waals surface area contributed by atoms with Crippen LogP contribution >= 0.6 is 0 Å². The maximum absolute atomic E-state index is 16.8. The molecule has 0 saturated carbocycles. The average Bonchev–Trinajstić information content (AvgIpc) is 3.21. The van der Waals surface area contributed by atoms with Gasteiger partial charge in [0.15, 0.2) is 11.5 Å². The highest BCUT2D eigenvalue weighted by Gasteiger charge is 2.76. The predicted molar refractivity (Wildman–Crippen MR) is 283 cm³/mol. The molecule has 3 amide bonds. The van der Waals surface area contributed by atoms with Crippen LogP contribution in [0, 0.1) is 17.8 Å². The molecule has 1 aromatic heterocycles. The number of nitrogens with zero attached hydrogens (tertiary/aromatic N) is 7. The monoisotopic (exact) mass is 1050 g/mol. The number of hydrogen-bond acceptors (Lipinski definition) is 15. The first-order chi connectivity index (χ1) is 38.3. The molecular formula is C60H55N7O11. The number of cyclic esters (lactones) is 1. The molecule has 5 aliphatic rings. The predicted octanol–water partition coefficient (Wildman–Crippen LogP) is 6.38. The van der Waals surface area contributed by atoms with E-state index in [4.69, 9.17) is 28.4 Å². The Balaban J connectivity index is 1.05. The summed E-state index contributed by atoms with van der Waals surface area (Å²) in [6, 6.07) is 41.3. The number of imide groups is 1. The lowest BCUT2D eigenvalue weighted by Crippen LogP contribution is -2.59. The minimum Gasteiger partial charge on any atom is -0.491 e. The fraction of sp³-hybridized carbons (Fsp3) is 0.300. The van der Waals surface area contributed by atoms with Gasteiger partial charge in [-0.15, -0.1) is 5.10 Å². The molecule has 6 heterocycles. The molecule has 18 heteroatoms. The van der Waals surface area contributed by atoms with Crippen molar-refractivity contribution in [2.45, 2.75) is 42.7 Å². The maximum Gasteiger partial charge on any atom is 0.421 e. The average molecular weight is 1050 g/mol. The Kier molecular flexibility index (Phi) is 13.8. The number of carbonyl (C=O) groups excluding carboxylic acids is 4. The summed E-state index contributed by atoms with van der Waals surface area (Å²) in [6.07, 6.45) is -1.92. The van der Waals surface area contributed by atoms with E-state index in [0.717, 1.165) is 21.5 Å². The molecule has 12 rings (SSSR count). The molecule has 0 aliphatic carbocycles. The molecule has 1 spiro atoms. The van der Waals surface area contributed by atoms with Crippen LogP contribution in [0.2, 0.25) is 0 Å². The fourth-order valence-electron chi connectivity index (χ4n) is 12.0. The number of rotatable bonds is 13. The lowest BCUT2D eigenvalue weighted by atomic mass is 9.64. The Hall–Kier alpha value is -8.60. The number of benzene rings is 6. The van der Waals surface area contributed by atoms with Crippen LogP contribution in [-0.4, -0.2) is 131 Å². The largest absolute Gasteiger partial charge is 0.491 e. The third-order valence-electron chi connectivity index (χ3n) is 15.4. The molecular weight excluding hydrogens is 995 g/mol. The van der Waals surface area contributed by atoms with E-state index in [1.807, 2.05) is 114 Å². The first-order valence-corrected chi connectivity index (χ1v) is 26.0. The van der Waals surface area contributed by atoms with E-state index < -0.39 is 59.4 Å². The van der Waals surface area contributed by atoms with Gasteiger partial charge in [-0.2, -0.15) is 0 Å². The number of hydrogen-bond donors (Lipinski definition) is 1. The number of morpholine rings is 1. The highest BCUT2D eigenvalue weighted by molar-refractivity contribution is 6.23. The second-order valence-corrected chi connectivity index (χ2v) is 19.7. The lowest BCUT2D eigenvalue weighted by molar-refractivity contribution is -0.179. The molecule has 3 fully saturated rings. The van der Waals surface area contributed by atoms with Crippen LogP contribution in [0.1, 0.15) is 51.6 Å². The number of aliphatic hydroxyl groups excluding tert-OH is 1. The summed E-state index contributed by atoms with van der Waals surface area (Å²) >= 11 is 0. The zero-order chi connectivity index (χ0) is 53.3. The molecule has 3 saturated heterocycles. The first-order valence-electron chi connectivity index (χ1n) is 26.0. The number of carbonyl (C=O) groups is 4. The van der Waals surface area contributed by atoms with Gasteiger partial charge in [-0.3, -0.25) is 24.2 Å².